The smallest absolute Gasteiger partial charge is 0.378 e. The molecule has 0 saturated carbocycles. The highest BCUT2D eigenvalue weighted by Gasteiger charge is 2.30. The van der Waals surface area contributed by atoms with E-state index in [0.717, 1.165) is 17.8 Å². The predicted molar refractivity (Wildman–Crippen MR) is 78.4 cm³/mol. The number of nitrogens with zero attached hydrogens (tertiary/aromatic N) is 1. The molecule has 2 rings (SSSR count). The first-order valence-corrected chi connectivity index (χ1v) is 7.17. The average Bonchev–Trinajstić information content (AvgIpc) is 2.36. The second-order valence-corrected chi connectivity index (χ2v) is 5.66. The topological polar surface area (TPSA) is 24.9 Å². The fourth-order valence-corrected chi connectivity index (χ4v) is 2.34. The van der Waals surface area contributed by atoms with E-state index in [0.29, 0.717) is 21.3 Å². The molecule has 2 nitrogen and oxygen atoms in total. The van der Waals surface area contributed by atoms with E-state index in [2.05, 4.69) is 42.2 Å². The molecule has 0 spiro atoms. The summed E-state index contributed by atoms with van der Waals surface area (Å²) < 4.78 is 39.2. The Balaban J connectivity index is 2.17. The number of hydrogen-bond acceptors (Lipinski definition) is 2. The number of alkyl halides is 3. The van der Waals surface area contributed by atoms with Crippen molar-refractivity contribution in [3.8, 4) is 0 Å². The summed E-state index contributed by atoms with van der Waals surface area (Å²) in [6.45, 7) is 0.333. The minimum Gasteiger partial charge on any atom is -0.378 e. The van der Waals surface area contributed by atoms with E-state index in [1.807, 2.05) is 6.07 Å². The lowest BCUT2D eigenvalue weighted by molar-refractivity contribution is -0.137. The molecule has 7 heteroatoms. The molecule has 2 aromatic rings. The number of rotatable bonds is 3. The quantitative estimate of drug-likeness (QED) is 0.701. The lowest BCUT2D eigenvalue weighted by Crippen LogP contribution is -2.07. The van der Waals surface area contributed by atoms with Gasteiger partial charge in [-0.25, -0.2) is 4.98 Å². The molecule has 1 aromatic heterocycles. The maximum atomic E-state index is 12.7. The van der Waals surface area contributed by atoms with Gasteiger partial charge in [-0.2, -0.15) is 13.2 Å². The van der Waals surface area contributed by atoms with Gasteiger partial charge >= 0.3 is 6.18 Å². The van der Waals surface area contributed by atoms with Crippen molar-refractivity contribution in [1.82, 2.24) is 4.98 Å². The van der Waals surface area contributed by atoms with Crippen molar-refractivity contribution in [1.29, 1.82) is 0 Å². The standard InChI is InChI=1S/C13H9Br2F3N2/c14-10-5-4-8(13(16,17)18)6-11(10)19-7-9-2-1-3-12(15)20-9/h1-6,19H,7H2. The molecule has 0 saturated heterocycles. The van der Waals surface area contributed by atoms with E-state index < -0.39 is 11.7 Å². The maximum Gasteiger partial charge on any atom is 0.416 e. The van der Waals surface area contributed by atoms with Crippen molar-refractivity contribution in [2.24, 2.45) is 0 Å². The van der Waals surface area contributed by atoms with Crippen LogP contribution in [-0.4, -0.2) is 4.98 Å². The summed E-state index contributed by atoms with van der Waals surface area (Å²) in [7, 11) is 0. The minimum absolute atomic E-state index is 0.333. The Morgan fingerprint density at radius 1 is 1.10 bits per heavy atom. The summed E-state index contributed by atoms with van der Waals surface area (Å²) >= 11 is 6.47. The monoisotopic (exact) mass is 408 g/mol. The van der Waals surface area contributed by atoms with Gasteiger partial charge in [-0.3, -0.25) is 0 Å². The molecule has 0 unspecified atom stereocenters. The summed E-state index contributed by atoms with van der Waals surface area (Å²) in [4.78, 5) is 4.21. The zero-order valence-corrected chi connectivity index (χ0v) is 13.2. The van der Waals surface area contributed by atoms with E-state index in [1.165, 1.54) is 6.07 Å². The van der Waals surface area contributed by atoms with Gasteiger partial charge < -0.3 is 5.32 Å². The van der Waals surface area contributed by atoms with Gasteiger partial charge in [0, 0.05) is 10.2 Å². The second kappa shape index (κ2) is 6.13. The Morgan fingerprint density at radius 3 is 2.50 bits per heavy atom. The molecule has 0 atom stereocenters. The number of nitrogens with one attached hydrogen (secondary N) is 1. The Labute approximate surface area is 130 Å². The van der Waals surface area contributed by atoms with Gasteiger partial charge in [0.15, 0.2) is 0 Å². The third-order valence-electron chi connectivity index (χ3n) is 2.53. The van der Waals surface area contributed by atoms with E-state index in [9.17, 15) is 13.2 Å². The maximum absolute atomic E-state index is 12.7. The van der Waals surface area contributed by atoms with E-state index in [-0.39, 0.29) is 0 Å². The van der Waals surface area contributed by atoms with Gasteiger partial charge in [0.25, 0.3) is 0 Å². The van der Waals surface area contributed by atoms with Crippen LogP contribution in [0.1, 0.15) is 11.3 Å². The number of benzene rings is 1. The highest BCUT2D eigenvalue weighted by Crippen LogP contribution is 2.34. The van der Waals surface area contributed by atoms with Crippen LogP contribution in [0.15, 0.2) is 45.5 Å². The molecule has 20 heavy (non-hydrogen) atoms. The van der Waals surface area contributed by atoms with Gasteiger partial charge in [0.2, 0.25) is 0 Å². The Bertz CT molecular complexity index is 615. The Hall–Kier alpha value is -1.08. The number of pyridine rings is 1. The third-order valence-corrected chi connectivity index (χ3v) is 3.66. The molecule has 0 bridgehead atoms. The minimum atomic E-state index is -4.36. The van der Waals surface area contributed by atoms with Crippen molar-refractivity contribution < 1.29 is 13.2 Å². The summed E-state index contributed by atoms with van der Waals surface area (Å²) in [5.74, 6) is 0. The van der Waals surface area contributed by atoms with E-state index in [1.54, 1.807) is 12.1 Å². The van der Waals surface area contributed by atoms with Crippen LogP contribution >= 0.6 is 31.9 Å². The second-order valence-electron chi connectivity index (χ2n) is 4.00. The SMILES string of the molecule is FC(F)(F)c1ccc(Br)c(NCc2cccc(Br)n2)c1. The number of anilines is 1. The van der Waals surface area contributed by atoms with Gasteiger partial charge in [0.05, 0.1) is 17.8 Å². The van der Waals surface area contributed by atoms with Gasteiger partial charge in [-0.1, -0.05) is 6.07 Å². The molecule has 1 heterocycles. The molecule has 106 valence electrons. The fourth-order valence-electron chi connectivity index (χ4n) is 1.57. The van der Waals surface area contributed by atoms with Crippen LogP contribution < -0.4 is 5.32 Å². The van der Waals surface area contributed by atoms with Crippen molar-refractivity contribution in [3.63, 3.8) is 0 Å². The molecule has 0 aliphatic rings. The molecule has 1 aromatic carbocycles. The number of aromatic nitrogens is 1. The van der Waals surface area contributed by atoms with Crippen LogP contribution in [0.5, 0.6) is 0 Å². The van der Waals surface area contributed by atoms with Crippen molar-refractivity contribution in [2.75, 3.05) is 5.32 Å². The van der Waals surface area contributed by atoms with Gasteiger partial charge in [-0.15, -0.1) is 0 Å². The van der Waals surface area contributed by atoms with Crippen molar-refractivity contribution in [2.45, 2.75) is 12.7 Å². The molecule has 0 aliphatic heterocycles. The zero-order valence-electron chi connectivity index (χ0n) is 10.0. The molecule has 0 amide bonds. The normalized spacial score (nSPS) is 11.4. The Morgan fingerprint density at radius 2 is 1.85 bits per heavy atom. The van der Waals surface area contributed by atoms with Crippen LogP contribution in [-0.2, 0) is 12.7 Å². The van der Waals surface area contributed by atoms with Crippen molar-refractivity contribution >= 4 is 37.5 Å². The number of hydrogen-bond donors (Lipinski definition) is 1. The molecule has 0 radical (unpaired) electrons. The summed E-state index contributed by atoms with van der Waals surface area (Å²) in [6.07, 6.45) is -4.36. The largest absolute Gasteiger partial charge is 0.416 e. The first-order valence-electron chi connectivity index (χ1n) is 5.58. The molecular weight excluding hydrogens is 401 g/mol. The average molecular weight is 410 g/mol. The molecular formula is C13H9Br2F3N2. The fraction of sp³-hybridized carbons (Fsp3) is 0.154. The highest BCUT2D eigenvalue weighted by molar-refractivity contribution is 9.10. The summed E-state index contributed by atoms with van der Waals surface area (Å²) in [5, 5.41) is 2.94. The van der Waals surface area contributed by atoms with Crippen LogP contribution in [0.4, 0.5) is 18.9 Å². The van der Waals surface area contributed by atoms with E-state index >= 15 is 0 Å². The first-order chi connectivity index (χ1) is 9.36. The molecule has 0 fully saturated rings. The van der Waals surface area contributed by atoms with E-state index in [4.69, 9.17) is 0 Å². The Kier molecular flexibility index (Phi) is 4.70. The van der Waals surface area contributed by atoms with Gasteiger partial charge in [0.1, 0.15) is 4.60 Å². The highest BCUT2D eigenvalue weighted by atomic mass is 79.9. The predicted octanol–water partition coefficient (Wildman–Crippen LogP) is 5.24. The summed E-state index contributed by atoms with van der Waals surface area (Å²) in [6, 6.07) is 8.87. The third kappa shape index (κ3) is 3.96. The first kappa shape index (κ1) is 15.3. The summed E-state index contributed by atoms with van der Waals surface area (Å²) in [5.41, 5.74) is 0.413. The van der Waals surface area contributed by atoms with Gasteiger partial charge in [-0.05, 0) is 62.2 Å². The lowest BCUT2D eigenvalue weighted by Gasteiger charge is -2.12. The molecule has 0 aliphatic carbocycles. The van der Waals surface area contributed by atoms with Crippen LogP contribution in [0.25, 0.3) is 0 Å². The zero-order chi connectivity index (χ0) is 14.8. The molecule has 1 N–H and O–H groups in total. The number of halogens is 5. The van der Waals surface area contributed by atoms with Crippen LogP contribution in [0, 0.1) is 0 Å². The lowest BCUT2D eigenvalue weighted by atomic mass is 10.2. The van der Waals surface area contributed by atoms with Crippen LogP contribution in [0.3, 0.4) is 0 Å². The van der Waals surface area contributed by atoms with Crippen LogP contribution in [0.2, 0.25) is 0 Å². The van der Waals surface area contributed by atoms with Crippen molar-refractivity contribution in [3.05, 3.63) is 56.7 Å².